The van der Waals surface area contributed by atoms with Crippen LogP contribution in [0.1, 0.15) is 11.1 Å². The van der Waals surface area contributed by atoms with E-state index in [-0.39, 0.29) is 6.54 Å². The van der Waals surface area contributed by atoms with E-state index < -0.39 is 10.2 Å². The molecule has 1 aromatic carbocycles. The Morgan fingerprint density at radius 1 is 1.26 bits per heavy atom. The Labute approximate surface area is 114 Å². The Morgan fingerprint density at radius 2 is 2.00 bits per heavy atom. The molecule has 1 aliphatic rings. The zero-order chi connectivity index (χ0) is 13.7. The molecule has 5 nitrogen and oxygen atoms in total. The molecule has 0 saturated heterocycles. The predicted octanol–water partition coefficient (Wildman–Crippen LogP) is 0.394. The average molecular weight is 281 g/mol. The first-order valence-electron chi connectivity index (χ1n) is 6.30. The number of nitrogens with two attached hydrogens (primary N) is 1. The van der Waals surface area contributed by atoms with Crippen molar-refractivity contribution in [3.8, 4) is 0 Å². The fraction of sp³-hybridized carbons (Fsp3) is 0.385. The van der Waals surface area contributed by atoms with Crippen molar-refractivity contribution in [3.63, 3.8) is 0 Å². The molecule has 0 spiro atoms. The third kappa shape index (κ3) is 3.63. The Kier molecular flexibility index (Phi) is 4.71. The van der Waals surface area contributed by atoms with E-state index in [9.17, 15) is 8.42 Å². The zero-order valence-electron chi connectivity index (χ0n) is 10.7. The van der Waals surface area contributed by atoms with Crippen LogP contribution in [0.5, 0.6) is 0 Å². The van der Waals surface area contributed by atoms with Crippen molar-refractivity contribution < 1.29 is 8.42 Å². The van der Waals surface area contributed by atoms with Gasteiger partial charge in [0, 0.05) is 26.2 Å². The standard InChI is InChI=1S/C13H19N3O2S/c14-8-3-4-9-15-19(17,18)16-10-7-12-5-1-2-6-13(12)11-16/h1-6,15H,7-11,14H2/b4-3+. The van der Waals surface area contributed by atoms with E-state index in [4.69, 9.17) is 5.73 Å². The highest BCUT2D eigenvalue weighted by atomic mass is 32.2. The quantitative estimate of drug-likeness (QED) is 0.767. The van der Waals surface area contributed by atoms with E-state index in [0.717, 1.165) is 12.0 Å². The maximum Gasteiger partial charge on any atom is 0.280 e. The van der Waals surface area contributed by atoms with E-state index in [1.807, 2.05) is 18.2 Å². The lowest BCUT2D eigenvalue weighted by Gasteiger charge is -2.27. The van der Waals surface area contributed by atoms with Crippen LogP contribution in [0.25, 0.3) is 0 Å². The summed E-state index contributed by atoms with van der Waals surface area (Å²) in [6, 6.07) is 7.95. The molecule has 1 heterocycles. The van der Waals surface area contributed by atoms with E-state index in [1.54, 1.807) is 12.2 Å². The summed E-state index contributed by atoms with van der Waals surface area (Å²) in [7, 11) is -3.42. The van der Waals surface area contributed by atoms with Gasteiger partial charge in [0.2, 0.25) is 0 Å². The van der Waals surface area contributed by atoms with Crippen molar-refractivity contribution >= 4 is 10.2 Å². The van der Waals surface area contributed by atoms with E-state index in [1.165, 1.54) is 9.87 Å². The second-order valence-electron chi connectivity index (χ2n) is 4.41. The molecular weight excluding hydrogens is 262 g/mol. The van der Waals surface area contributed by atoms with Gasteiger partial charge in [0.1, 0.15) is 0 Å². The Morgan fingerprint density at radius 3 is 2.74 bits per heavy atom. The summed E-state index contributed by atoms with van der Waals surface area (Å²) in [5.41, 5.74) is 7.61. The molecule has 0 radical (unpaired) electrons. The van der Waals surface area contributed by atoms with Gasteiger partial charge in [0.15, 0.2) is 0 Å². The fourth-order valence-electron chi connectivity index (χ4n) is 2.10. The molecule has 2 rings (SSSR count). The second-order valence-corrected chi connectivity index (χ2v) is 6.17. The molecule has 0 aliphatic carbocycles. The number of fused-ring (bicyclic) bond motifs is 1. The van der Waals surface area contributed by atoms with Crippen LogP contribution in [-0.4, -0.2) is 32.4 Å². The Balaban J connectivity index is 2.01. The lowest BCUT2D eigenvalue weighted by atomic mass is 10.0. The predicted molar refractivity (Wildman–Crippen MR) is 75.7 cm³/mol. The summed E-state index contributed by atoms with van der Waals surface area (Å²) in [5.74, 6) is 0. The van der Waals surface area contributed by atoms with Gasteiger partial charge in [0.05, 0.1) is 0 Å². The monoisotopic (exact) mass is 281 g/mol. The molecule has 6 heteroatoms. The first kappa shape index (κ1) is 14.2. The van der Waals surface area contributed by atoms with Gasteiger partial charge < -0.3 is 5.73 Å². The summed E-state index contributed by atoms with van der Waals surface area (Å²) >= 11 is 0. The molecule has 0 bridgehead atoms. The zero-order valence-corrected chi connectivity index (χ0v) is 11.6. The SMILES string of the molecule is NC/C=C/CNS(=O)(=O)N1CCc2ccccc2C1. The number of hydrogen-bond donors (Lipinski definition) is 2. The number of nitrogens with zero attached hydrogens (tertiary/aromatic N) is 1. The lowest BCUT2D eigenvalue weighted by molar-refractivity contribution is 0.385. The van der Waals surface area contributed by atoms with Gasteiger partial charge in [-0.05, 0) is 17.5 Å². The first-order chi connectivity index (χ1) is 9.13. The first-order valence-corrected chi connectivity index (χ1v) is 7.74. The molecular formula is C13H19N3O2S. The van der Waals surface area contributed by atoms with Crippen molar-refractivity contribution in [2.75, 3.05) is 19.6 Å². The highest BCUT2D eigenvalue weighted by Crippen LogP contribution is 2.19. The van der Waals surface area contributed by atoms with Gasteiger partial charge in [-0.2, -0.15) is 17.4 Å². The third-order valence-electron chi connectivity index (χ3n) is 3.12. The van der Waals surface area contributed by atoms with Crippen LogP contribution in [0.2, 0.25) is 0 Å². The largest absolute Gasteiger partial charge is 0.327 e. The summed E-state index contributed by atoms with van der Waals surface area (Å²) in [5, 5.41) is 0. The summed E-state index contributed by atoms with van der Waals surface area (Å²) < 4.78 is 28.2. The molecule has 3 N–H and O–H groups in total. The van der Waals surface area contributed by atoms with Crippen LogP contribution in [0, 0.1) is 0 Å². The fourth-order valence-corrected chi connectivity index (χ4v) is 3.23. The van der Waals surface area contributed by atoms with Crippen LogP contribution in [0.4, 0.5) is 0 Å². The van der Waals surface area contributed by atoms with Crippen molar-refractivity contribution in [2.24, 2.45) is 5.73 Å². The smallest absolute Gasteiger partial charge is 0.280 e. The molecule has 1 aromatic rings. The number of hydrogen-bond acceptors (Lipinski definition) is 3. The molecule has 19 heavy (non-hydrogen) atoms. The van der Waals surface area contributed by atoms with E-state index in [2.05, 4.69) is 10.8 Å². The lowest BCUT2D eigenvalue weighted by Crippen LogP contribution is -2.43. The average Bonchev–Trinajstić information content (AvgIpc) is 2.43. The Hall–Kier alpha value is -1.21. The van der Waals surface area contributed by atoms with Crippen LogP contribution in [0.3, 0.4) is 0 Å². The van der Waals surface area contributed by atoms with Crippen LogP contribution >= 0.6 is 0 Å². The van der Waals surface area contributed by atoms with Crippen LogP contribution in [0.15, 0.2) is 36.4 Å². The third-order valence-corrected chi connectivity index (χ3v) is 4.64. The minimum Gasteiger partial charge on any atom is -0.327 e. The van der Waals surface area contributed by atoms with Gasteiger partial charge in [-0.15, -0.1) is 0 Å². The van der Waals surface area contributed by atoms with Gasteiger partial charge in [0.25, 0.3) is 10.2 Å². The van der Waals surface area contributed by atoms with Crippen molar-refractivity contribution in [3.05, 3.63) is 47.5 Å². The van der Waals surface area contributed by atoms with Crippen molar-refractivity contribution in [1.29, 1.82) is 0 Å². The molecule has 0 atom stereocenters. The van der Waals surface area contributed by atoms with Crippen molar-refractivity contribution in [2.45, 2.75) is 13.0 Å². The molecule has 0 aromatic heterocycles. The van der Waals surface area contributed by atoms with E-state index >= 15 is 0 Å². The molecule has 0 amide bonds. The van der Waals surface area contributed by atoms with Crippen molar-refractivity contribution in [1.82, 2.24) is 9.03 Å². The van der Waals surface area contributed by atoms with Gasteiger partial charge >= 0.3 is 0 Å². The maximum absolute atomic E-state index is 12.1. The Bertz CT molecular complexity index is 555. The molecule has 0 unspecified atom stereocenters. The van der Waals surface area contributed by atoms with Gasteiger partial charge in [-0.3, -0.25) is 0 Å². The molecule has 0 saturated carbocycles. The highest BCUT2D eigenvalue weighted by molar-refractivity contribution is 7.87. The normalized spacial score (nSPS) is 16.7. The summed E-state index contributed by atoms with van der Waals surface area (Å²) in [4.78, 5) is 0. The molecule has 104 valence electrons. The number of nitrogens with one attached hydrogen (secondary N) is 1. The van der Waals surface area contributed by atoms with Gasteiger partial charge in [-0.1, -0.05) is 36.4 Å². The van der Waals surface area contributed by atoms with Crippen LogP contribution < -0.4 is 10.5 Å². The maximum atomic E-state index is 12.1. The highest BCUT2D eigenvalue weighted by Gasteiger charge is 2.25. The number of rotatable bonds is 5. The van der Waals surface area contributed by atoms with Crippen LogP contribution in [-0.2, 0) is 23.2 Å². The van der Waals surface area contributed by atoms with E-state index in [0.29, 0.717) is 19.6 Å². The minimum atomic E-state index is -3.42. The summed E-state index contributed by atoms with van der Waals surface area (Å²) in [6.45, 7) is 1.65. The minimum absolute atomic E-state index is 0.275. The molecule has 1 aliphatic heterocycles. The van der Waals surface area contributed by atoms with Gasteiger partial charge in [-0.25, -0.2) is 0 Å². The number of benzene rings is 1. The summed E-state index contributed by atoms with van der Waals surface area (Å²) in [6.07, 6.45) is 4.21. The topological polar surface area (TPSA) is 75.4 Å². The second kappa shape index (κ2) is 6.29. The molecule has 0 fully saturated rings.